The lowest BCUT2D eigenvalue weighted by Gasteiger charge is -2.14. The van der Waals surface area contributed by atoms with Gasteiger partial charge >= 0.3 is 0 Å². The van der Waals surface area contributed by atoms with Gasteiger partial charge in [-0.2, -0.15) is 0 Å². The first kappa shape index (κ1) is 19.9. The average molecular weight is 378 g/mol. The molecule has 3 aromatic rings. The Hall–Kier alpha value is -2.82. The van der Waals surface area contributed by atoms with E-state index in [1.165, 1.54) is 11.1 Å². The molecule has 4 nitrogen and oxygen atoms in total. The Labute approximate surface area is 166 Å². The zero-order valence-electron chi connectivity index (χ0n) is 16.4. The number of hydrogen-bond donors (Lipinski definition) is 2. The Balaban J connectivity index is 1.92. The molecule has 4 heteroatoms. The van der Waals surface area contributed by atoms with Crippen LogP contribution < -0.4 is 9.47 Å². The molecule has 0 fully saturated rings. The number of benzene rings is 3. The molecule has 0 aliphatic heterocycles. The van der Waals surface area contributed by atoms with E-state index in [0.717, 1.165) is 23.1 Å². The van der Waals surface area contributed by atoms with Crippen molar-refractivity contribution >= 4 is 0 Å². The number of aliphatic hydroxyl groups excluding tert-OH is 2. The van der Waals surface area contributed by atoms with E-state index in [4.69, 9.17) is 9.47 Å². The summed E-state index contributed by atoms with van der Waals surface area (Å²) in [6, 6.07) is 21.9. The number of aliphatic hydroxyl groups is 2. The molecule has 0 saturated carbocycles. The largest absolute Gasteiger partial charge is 0.465 e. The van der Waals surface area contributed by atoms with Crippen molar-refractivity contribution in [2.24, 2.45) is 0 Å². The Bertz CT molecular complexity index is 897. The number of hydrogen-bond acceptors (Lipinski definition) is 4. The Morgan fingerprint density at radius 1 is 0.679 bits per heavy atom. The monoisotopic (exact) mass is 378 g/mol. The molecule has 3 aromatic carbocycles. The molecule has 0 heterocycles. The summed E-state index contributed by atoms with van der Waals surface area (Å²) in [5.41, 5.74) is 5.73. The second-order valence-electron chi connectivity index (χ2n) is 6.71. The number of ether oxygens (including phenoxy) is 2. The van der Waals surface area contributed by atoms with Crippen molar-refractivity contribution in [2.45, 2.75) is 39.8 Å². The van der Waals surface area contributed by atoms with Crippen molar-refractivity contribution in [1.82, 2.24) is 0 Å². The van der Waals surface area contributed by atoms with Gasteiger partial charge in [0.25, 0.3) is 0 Å². The van der Waals surface area contributed by atoms with Gasteiger partial charge in [0.05, 0.1) is 0 Å². The standard InChI is InChI=1S/C24H26O4/c1-4-18-5-6-21(19-7-11-22(12-8-19)27-16(2)25)15-24(18)20-9-13-23(14-10-20)28-17(3)26/h5-17,25-26H,4H2,1-3H3. The Morgan fingerprint density at radius 3 is 1.61 bits per heavy atom. The highest BCUT2D eigenvalue weighted by atomic mass is 16.6. The van der Waals surface area contributed by atoms with Gasteiger partial charge in [0.1, 0.15) is 11.5 Å². The maximum Gasteiger partial charge on any atom is 0.194 e. The van der Waals surface area contributed by atoms with Gasteiger partial charge in [0, 0.05) is 0 Å². The summed E-state index contributed by atoms with van der Waals surface area (Å²) in [6.07, 6.45) is -0.730. The van der Waals surface area contributed by atoms with Gasteiger partial charge in [0.2, 0.25) is 0 Å². The van der Waals surface area contributed by atoms with E-state index >= 15 is 0 Å². The summed E-state index contributed by atoms with van der Waals surface area (Å²) in [5, 5.41) is 18.7. The molecule has 0 bridgehead atoms. The summed E-state index contributed by atoms with van der Waals surface area (Å²) in [4.78, 5) is 0. The van der Waals surface area contributed by atoms with Crippen molar-refractivity contribution in [3.05, 3.63) is 72.3 Å². The third-order valence-corrected chi connectivity index (χ3v) is 4.46. The van der Waals surface area contributed by atoms with Gasteiger partial charge in [-0.15, -0.1) is 0 Å². The maximum atomic E-state index is 9.36. The zero-order chi connectivity index (χ0) is 20.1. The third kappa shape index (κ3) is 4.91. The van der Waals surface area contributed by atoms with E-state index in [2.05, 4.69) is 25.1 Å². The van der Waals surface area contributed by atoms with E-state index in [1.807, 2.05) is 48.5 Å². The highest BCUT2D eigenvalue weighted by Crippen LogP contribution is 2.32. The number of rotatable bonds is 7. The predicted octanol–water partition coefficient (Wildman–Crippen LogP) is 5.02. The lowest BCUT2D eigenvalue weighted by molar-refractivity contribution is -0.000869. The first-order chi connectivity index (χ1) is 13.5. The highest BCUT2D eigenvalue weighted by molar-refractivity contribution is 5.76. The lowest BCUT2D eigenvalue weighted by Crippen LogP contribution is -2.09. The van der Waals surface area contributed by atoms with Crippen LogP contribution >= 0.6 is 0 Å². The molecule has 2 atom stereocenters. The molecular formula is C24H26O4. The average Bonchev–Trinajstić information content (AvgIpc) is 2.68. The van der Waals surface area contributed by atoms with Crippen LogP contribution in [0.3, 0.4) is 0 Å². The SMILES string of the molecule is CCc1ccc(-c2ccc(OC(C)O)cc2)cc1-c1ccc(OC(C)O)cc1. The van der Waals surface area contributed by atoms with Gasteiger partial charge in [0.15, 0.2) is 12.6 Å². The molecule has 0 saturated heterocycles. The van der Waals surface area contributed by atoms with Crippen molar-refractivity contribution in [2.75, 3.05) is 0 Å². The second kappa shape index (κ2) is 8.91. The minimum Gasteiger partial charge on any atom is -0.465 e. The molecular weight excluding hydrogens is 352 g/mol. The molecule has 0 radical (unpaired) electrons. The molecule has 0 aliphatic carbocycles. The molecule has 146 valence electrons. The summed E-state index contributed by atoms with van der Waals surface area (Å²) in [5.74, 6) is 1.28. The van der Waals surface area contributed by atoms with E-state index in [-0.39, 0.29) is 0 Å². The van der Waals surface area contributed by atoms with Crippen LogP contribution in [0.15, 0.2) is 66.7 Å². The van der Waals surface area contributed by atoms with Crippen LogP contribution in [0.2, 0.25) is 0 Å². The quantitative estimate of drug-likeness (QED) is 0.567. The van der Waals surface area contributed by atoms with Crippen LogP contribution in [0.4, 0.5) is 0 Å². The van der Waals surface area contributed by atoms with Crippen LogP contribution in [0, 0.1) is 0 Å². The fourth-order valence-electron chi connectivity index (χ4n) is 3.17. The van der Waals surface area contributed by atoms with Gasteiger partial charge in [-0.3, -0.25) is 0 Å². The van der Waals surface area contributed by atoms with Gasteiger partial charge in [-0.05, 0) is 78.4 Å². The second-order valence-corrected chi connectivity index (χ2v) is 6.71. The van der Waals surface area contributed by atoms with Gasteiger partial charge < -0.3 is 19.7 Å². The van der Waals surface area contributed by atoms with Gasteiger partial charge in [-0.1, -0.05) is 43.3 Å². The van der Waals surface area contributed by atoms with Crippen LogP contribution in [-0.2, 0) is 6.42 Å². The molecule has 0 amide bonds. The summed E-state index contributed by atoms with van der Waals surface area (Å²) in [6.45, 7) is 5.32. The van der Waals surface area contributed by atoms with E-state index < -0.39 is 12.6 Å². The smallest absolute Gasteiger partial charge is 0.194 e. The third-order valence-electron chi connectivity index (χ3n) is 4.46. The summed E-state index contributed by atoms with van der Waals surface area (Å²) in [7, 11) is 0. The first-order valence-corrected chi connectivity index (χ1v) is 9.49. The Kier molecular flexibility index (Phi) is 6.34. The fraction of sp³-hybridized carbons (Fsp3) is 0.250. The predicted molar refractivity (Wildman–Crippen MR) is 111 cm³/mol. The van der Waals surface area contributed by atoms with E-state index in [0.29, 0.717) is 11.5 Å². The lowest BCUT2D eigenvalue weighted by atomic mass is 9.93. The molecule has 0 spiro atoms. The normalized spacial score (nSPS) is 13.0. The number of aryl methyl sites for hydroxylation is 1. The van der Waals surface area contributed by atoms with Crippen molar-refractivity contribution in [3.63, 3.8) is 0 Å². The van der Waals surface area contributed by atoms with Crippen molar-refractivity contribution < 1.29 is 19.7 Å². The molecule has 28 heavy (non-hydrogen) atoms. The molecule has 2 unspecified atom stereocenters. The zero-order valence-corrected chi connectivity index (χ0v) is 16.4. The molecule has 3 rings (SSSR count). The fourth-order valence-corrected chi connectivity index (χ4v) is 3.17. The first-order valence-electron chi connectivity index (χ1n) is 9.49. The van der Waals surface area contributed by atoms with Crippen LogP contribution in [0.25, 0.3) is 22.3 Å². The topological polar surface area (TPSA) is 58.9 Å². The molecule has 0 aromatic heterocycles. The van der Waals surface area contributed by atoms with Crippen LogP contribution in [0.5, 0.6) is 11.5 Å². The summed E-state index contributed by atoms with van der Waals surface area (Å²) >= 11 is 0. The van der Waals surface area contributed by atoms with Crippen molar-refractivity contribution in [3.8, 4) is 33.8 Å². The minimum absolute atomic E-state index is 0.637. The molecule has 2 N–H and O–H groups in total. The van der Waals surface area contributed by atoms with E-state index in [1.54, 1.807) is 13.8 Å². The van der Waals surface area contributed by atoms with Crippen LogP contribution in [-0.4, -0.2) is 22.8 Å². The highest BCUT2D eigenvalue weighted by Gasteiger charge is 2.09. The van der Waals surface area contributed by atoms with E-state index in [9.17, 15) is 10.2 Å². The van der Waals surface area contributed by atoms with Gasteiger partial charge in [-0.25, -0.2) is 0 Å². The Morgan fingerprint density at radius 2 is 1.14 bits per heavy atom. The maximum absolute atomic E-state index is 9.36. The van der Waals surface area contributed by atoms with Crippen LogP contribution in [0.1, 0.15) is 26.3 Å². The molecule has 0 aliphatic rings. The van der Waals surface area contributed by atoms with Crippen molar-refractivity contribution in [1.29, 1.82) is 0 Å². The minimum atomic E-state index is -0.832. The summed E-state index contributed by atoms with van der Waals surface area (Å²) < 4.78 is 10.6.